The highest BCUT2D eigenvalue weighted by atomic mass is 32.1. The van der Waals surface area contributed by atoms with Crippen LogP contribution in [0.25, 0.3) is 0 Å². The van der Waals surface area contributed by atoms with Crippen LogP contribution in [0.3, 0.4) is 0 Å². The molecular weight excluding hydrogens is 226 g/mol. The lowest BCUT2D eigenvalue weighted by atomic mass is 10.2. The number of nitro groups is 1. The standard InChI is InChI=1S/C10H17N3O2S/c1-3-8-10(13(14)15)9(4-2)12(11-8)6-5-7-16/h16H,3-7H2,1-2H3. The van der Waals surface area contributed by atoms with Crippen LogP contribution in [0, 0.1) is 10.1 Å². The molecule has 1 heterocycles. The minimum Gasteiger partial charge on any atom is -0.262 e. The van der Waals surface area contributed by atoms with Gasteiger partial charge in [-0.15, -0.1) is 0 Å². The SMILES string of the molecule is CCc1nn(CCCS)c(CC)c1[N+](=O)[O-]. The summed E-state index contributed by atoms with van der Waals surface area (Å²) in [6.45, 7) is 4.51. The zero-order valence-electron chi connectivity index (χ0n) is 9.64. The summed E-state index contributed by atoms with van der Waals surface area (Å²) in [4.78, 5) is 10.7. The second-order valence-electron chi connectivity index (χ2n) is 3.51. The van der Waals surface area contributed by atoms with E-state index in [0.717, 1.165) is 17.9 Å². The lowest BCUT2D eigenvalue weighted by molar-refractivity contribution is -0.386. The minimum absolute atomic E-state index is 0.198. The van der Waals surface area contributed by atoms with Gasteiger partial charge in [0.25, 0.3) is 0 Å². The van der Waals surface area contributed by atoms with E-state index in [0.29, 0.717) is 25.1 Å². The normalized spacial score (nSPS) is 10.7. The van der Waals surface area contributed by atoms with E-state index in [1.807, 2.05) is 13.8 Å². The van der Waals surface area contributed by atoms with Crippen LogP contribution in [0.2, 0.25) is 0 Å². The largest absolute Gasteiger partial charge is 0.313 e. The molecule has 5 nitrogen and oxygen atoms in total. The van der Waals surface area contributed by atoms with E-state index in [1.165, 1.54) is 0 Å². The van der Waals surface area contributed by atoms with Crippen LogP contribution in [0.1, 0.15) is 31.7 Å². The van der Waals surface area contributed by atoms with Crippen molar-refractivity contribution in [3.05, 3.63) is 21.5 Å². The van der Waals surface area contributed by atoms with Gasteiger partial charge in [-0.2, -0.15) is 17.7 Å². The van der Waals surface area contributed by atoms with Crippen molar-refractivity contribution in [3.8, 4) is 0 Å². The van der Waals surface area contributed by atoms with Crippen molar-refractivity contribution in [2.24, 2.45) is 0 Å². The van der Waals surface area contributed by atoms with E-state index >= 15 is 0 Å². The Labute approximate surface area is 100 Å². The number of thiol groups is 1. The molecule has 0 spiro atoms. The van der Waals surface area contributed by atoms with Gasteiger partial charge in [0.15, 0.2) is 0 Å². The van der Waals surface area contributed by atoms with Gasteiger partial charge in [0.1, 0.15) is 11.4 Å². The zero-order chi connectivity index (χ0) is 12.1. The first-order valence-corrected chi connectivity index (χ1v) is 6.12. The Balaban J connectivity index is 3.13. The molecule has 16 heavy (non-hydrogen) atoms. The van der Waals surface area contributed by atoms with Crippen molar-refractivity contribution in [2.75, 3.05) is 5.75 Å². The van der Waals surface area contributed by atoms with Crippen LogP contribution in [0.15, 0.2) is 0 Å². The Hall–Kier alpha value is -1.04. The maximum atomic E-state index is 11.0. The molecule has 0 amide bonds. The Morgan fingerprint density at radius 1 is 1.44 bits per heavy atom. The summed E-state index contributed by atoms with van der Waals surface area (Å²) in [5.74, 6) is 0.762. The fraction of sp³-hybridized carbons (Fsp3) is 0.700. The molecule has 90 valence electrons. The van der Waals surface area contributed by atoms with Crippen molar-refractivity contribution < 1.29 is 4.92 Å². The molecule has 0 radical (unpaired) electrons. The zero-order valence-corrected chi connectivity index (χ0v) is 10.5. The molecule has 0 fully saturated rings. The topological polar surface area (TPSA) is 61.0 Å². The highest BCUT2D eigenvalue weighted by Gasteiger charge is 2.24. The summed E-state index contributed by atoms with van der Waals surface area (Å²) < 4.78 is 1.76. The second-order valence-corrected chi connectivity index (χ2v) is 3.95. The van der Waals surface area contributed by atoms with Crippen molar-refractivity contribution >= 4 is 18.3 Å². The number of aryl methyl sites for hydroxylation is 2. The van der Waals surface area contributed by atoms with Crippen LogP contribution in [0.4, 0.5) is 5.69 Å². The molecule has 0 unspecified atom stereocenters. The quantitative estimate of drug-likeness (QED) is 0.473. The Bertz CT molecular complexity index is 376. The van der Waals surface area contributed by atoms with Crippen LogP contribution < -0.4 is 0 Å². The Morgan fingerprint density at radius 2 is 2.12 bits per heavy atom. The van der Waals surface area contributed by atoms with Gasteiger partial charge >= 0.3 is 5.69 Å². The Morgan fingerprint density at radius 3 is 2.56 bits per heavy atom. The van der Waals surface area contributed by atoms with Gasteiger partial charge in [0.2, 0.25) is 0 Å². The molecule has 0 aromatic carbocycles. The molecule has 0 N–H and O–H groups in total. The summed E-state index contributed by atoms with van der Waals surface area (Å²) in [6.07, 6.45) is 2.10. The first-order chi connectivity index (χ1) is 7.65. The minimum atomic E-state index is -0.318. The first kappa shape index (κ1) is 13.0. The summed E-state index contributed by atoms with van der Waals surface area (Å²) >= 11 is 4.14. The maximum Gasteiger partial charge on any atom is 0.313 e. The Kier molecular flexibility index (Phi) is 4.79. The van der Waals surface area contributed by atoms with Gasteiger partial charge in [-0.3, -0.25) is 14.8 Å². The molecule has 0 saturated carbocycles. The first-order valence-electron chi connectivity index (χ1n) is 5.49. The molecule has 0 aliphatic heterocycles. The second kappa shape index (κ2) is 5.89. The third kappa shape index (κ3) is 2.55. The average Bonchev–Trinajstić information content (AvgIpc) is 2.63. The number of rotatable bonds is 6. The van der Waals surface area contributed by atoms with Gasteiger partial charge in [-0.05, 0) is 25.0 Å². The predicted octanol–water partition coefficient (Wildman–Crippen LogP) is 2.24. The fourth-order valence-corrected chi connectivity index (χ4v) is 1.89. The number of aromatic nitrogens is 2. The van der Waals surface area contributed by atoms with Crippen LogP contribution in [0.5, 0.6) is 0 Å². The van der Waals surface area contributed by atoms with Crippen LogP contribution in [-0.4, -0.2) is 20.5 Å². The van der Waals surface area contributed by atoms with Crippen molar-refractivity contribution in [1.29, 1.82) is 0 Å². The molecule has 1 aromatic heterocycles. The number of hydrogen-bond donors (Lipinski definition) is 1. The van der Waals surface area contributed by atoms with Gasteiger partial charge in [-0.25, -0.2) is 0 Å². The van der Waals surface area contributed by atoms with Gasteiger partial charge in [0, 0.05) is 6.54 Å². The van der Waals surface area contributed by atoms with E-state index in [-0.39, 0.29) is 10.6 Å². The van der Waals surface area contributed by atoms with Gasteiger partial charge < -0.3 is 0 Å². The molecule has 6 heteroatoms. The summed E-state index contributed by atoms with van der Waals surface area (Å²) in [5, 5.41) is 15.3. The van der Waals surface area contributed by atoms with Crippen molar-refractivity contribution in [2.45, 2.75) is 39.7 Å². The van der Waals surface area contributed by atoms with Crippen molar-refractivity contribution in [3.63, 3.8) is 0 Å². The molecular formula is C10H17N3O2S. The number of hydrogen-bond acceptors (Lipinski definition) is 4. The number of nitrogens with zero attached hydrogens (tertiary/aromatic N) is 3. The fourth-order valence-electron chi connectivity index (χ4n) is 1.75. The molecule has 1 rings (SSSR count). The summed E-state index contributed by atoms with van der Waals surface area (Å²) in [6, 6.07) is 0. The average molecular weight is 243 g/mol. The van der Waals surface area contributed by atoms with Crippen LogP contribution >= 0.6 is 12.6 Å². The monoisotopic (exact) mass is 243 g/mol. The maximum absolute atomic E-state index is 11.0. The van der Waals surface area contributed by atoms with E-state index in [4.69, 9.17) is 0 Å². The third-order valence-corrected chi connectivity index (χ3v) is 2.80. The van der Waals surface area contributed by atoms with Gasteiger partial charge in [-0.1, -0.05) is 13.8 Å². The highest BCUT2D eigenvalue weighted by molar-refractivity contribution is 7.80. The predicted molar refractivity (Wildman–Crippen MR) is 66.1 cm³/mol. The van der Waals surface area contributed by atoms with Gasteiger partial charge in [0.05, 0.1) is 4.92 Å². The van der Waals surface area contributed by atoms with Crippen LogP contribution in [-0.2, 0) is 19.4 Å². The molecule has 0 bridgehead atoms. The lowest BCUT2D eigenvalue weighted by Crippen LogP contribution is -2.06. The molecule has 0 atom stereocenters. The van der Waals surface area contributed by atoms with Crippen molar-refractivity contribution in [1.82, 2.24) is 9.78 Å². The summed E-state index contributed by atoms with van der Waals surface area (Å²) in [7, 11) is 0. The smallest absolute Gasteiger partial charge is 0.262 e. The molecule has 1 aromatic rings. The van der Waals surface area contributed by atoms with E-state index < -0.39 is 0 Å². The molecule has 0 aliphatic carbocycles. The van der Waals surface area contributed by atoms with E-state index in [1.54, 1.807) is 4.68 Å². The molecule has 0 saturated heterocycles. The van der Waals surface area contributed by atoms with E-state index in [9.17, 15) is 10.1 Å². The third-order valence-electron chi connectivity index (χ3n) is 2.48. The highest BCUT2D eigenvalue weighted by Crippen LogP contribution is 2.24. The lowest BCUT2D eigenvalue weighted by Gasteiger charge is -2.02. The molecule has 0 aliphatic rings. The van der Waals surface area contributed by atoms with E-state index in [2.05, 4.69) is 17.7 Å². The summed E-state index contributed by atoms with van der Waals surface area (Å²) in [5.41, 5.74) is 1.51.